The highest BCUT2D eigenvalue weighted by Gasteiger charge is 2.27. The number of rotatable bonds is 5. The molecule has 0 bridgehead atoms. The summed E-state index contributed by atoms with van der Waals surface area (Å²) in [5, 5.41) is 0. The monoisotopic (exact) mass is 416 g/mol. The number of thiophene rings is 1. The van der Waals surface area contributed by atoms with Crippen LogP contribution in [0.15, 0.2) is 44.5 Å². The highest BCUT2D eigenvalue weighted by molar-refractivity contribution is 9.11. The largest absolute Gasteiger partial charge is 0.474 e. The van der Waals surface area contributed by atoms with E-state index in [1.807, 2.05) is 18.2 Å². The third-order valence-electron chi connectivity index (χ3n) is 3.73. The van der Waals surface area contributed by atoms with Crippen molar-refractivity contribution in [3.05, 3.63) is 40.3 Å². The van der Waals surface area contributed by atoms with Crippen molar-refractivity contribution in [3.63, 3.8) is 0 Å². The maximum absolute atomic E-state index is 12.3. The van der Waals surface area contributed by atoms with E-state index in [9.17, 15) is 8.42 Å². The minimum atomic E-state index is -3.43. The maximum atomic E-state index is 12.3. The van der Waals surface area contributed by atoms with Gasteiger partial charge in [-0.3, -0.25) is 0 Å². The van der Waals surface area contributed by atoms with Gasteiger partial charge >= 0.3 is 0 Å². The van der Waals surface area contributed by atoms with E-state index in [-0.39, 0.29) is 12.1 Å². The predicted molar refractivity (Wildman–Crippen MR) is 93.2 cm³/mol. The van der Waals surface area contributed by atoms with Crippen molar-refractivity contribution in [2.75, 3.05) is 0 Å². The molecule has 0 amide bonds. The molecule has 5 nitrogen and oxygen atoms in total. The van der Waals surface area contributed by atoms with Gasteiger partial charge in [-0.15, -0.1) is 11.3 Å². The molecule has 8 heteroatoms. The van der Waals surface area contributed by atoms with E-state index < -0.39 is 10.0 Å². The van der Waals surface area contributed by atoms with Crippen LogP contribution < -0.4 is 9.46 Å². The van der Waals surface area contributed by atoms with Crippen LogP contribution in [0.3, 0.4) is 0 Å². The summed E-state index contributed by atoms with van der Waals surface area (Å²) in [6, 6.07) is 8.90. The predicted octanol–water partition coefficient (Wildman–Crippen LogP) is 3.57. The minimum Gasteiger partial charge on any atom is -0.474 e. The van der Waals surface area contributed by atoms with Crippen LogP contribution >= 0.6 is 27.3 Å². The summed E-state index contributed by atoms with van der Waals surface area (Å²) in [6.07, 6.45) is 4.97. The number of hydrogen-bond donors (Lipinski definition) is 1. The molecule has 3 rings (SSSR count). The third kappa shape index (κ3) is 4.53. The number of nitrogens with zero attached hydrogens (tertiary/aromatic N) is 1. The van der Waals surface area contributed by atoms with E-state index in [1.165, 1.54) is 11.3 Å². The Morgan fingerprint density at radius 2 is 1.96 bits per heavy atom. The SMILES string of the molecule is O=S(=O)(NC1CCC(Oc2ccccn2)CC1)c1ccc(Br)s1. The van der Waals surface area contributed by atoms with E-state index in [1.54, 1.807) is 18.3 Å². The van der Waals surface area contributed by atoms with Gasteiger partial charge in [-0.2, -0.15) is 0 Å². The highest BCUT2D eigenvalue weighted by Crippen LogP contribution is 2.28. The first-order chi connectivity index (χ1) is 11.0. The molecule has 1 aliphatic carbocycles. The van der Waals surface area contributed by atoms with E-state index in [0.29, 0.717) is 10.1 Å². The lowest BCUT2D eigenvalue weighted by atomic mass is 9.94. The second kappa shape index (κ2) is 7.29. The van der Waals surface area contributed by atoms with Crippen LogP contribution in [0.2, 0.25) is 0 Å². The summed E-state index contributed by atoms with van der Waals surface area (Å²) in [4.78, 5) is 4.16. The number of halogens is 1. The second-order valence-electron chi connectivity index (χ2n) is 5.44. The topological polar surface area (TPSA) is 68.3 Å². The van der Waals surface area contributed by atoms with Gasteiger partial charge in [-0.05, 0) is 59.8 Å². The zero-order valence-corrected chi connectivity index (χ0v) is 15.5. The molecular weight excluding hydrogens is 400 g/mol. The molecule has 0 aliphatic heterocycles. The van der Waals surface area contributed by atoms with Crippen molar-refractivity contribution < 1.29 is 13.2 Å². The molecule has 1 saturated carbocycles. The van der Waals surface area contributed by atoms with Crippen LogP contribution in [0.4, 0.5) is 0 Å². The van der Waals surface area contributed by atoms with Gasteiger partial charge in [0.25, 0.3) is 0 Å². The number of ether oxygens (including phenoxy) is 1. The smallest absolute Gasteiger partial charge is 0.250 e. The highest BCUT2D eigenvalue weighted by atomic mass is 79.9. The molecule has 124 valence electrons. The molecule has 0 atom stereocenters. The lowest BCUT2D eigenvalue weighted by Gasteiger charge is -2.28. The lowest BCUT2D eigenvalue weighted by Crippen LogP contribution is -2.39. The molecule has 1 fully saturated rings. The number of nitrogens with one attached hydrogen (secondary N) is 1. The van der Waals surface area contributed by atoms with Crippen LogP contribution in [-0.2, 0) is 10.0 Å². The van der Waals surface area contributed by atoms with Crippen molar-refractivity contribution in [3.8, 4) is 5.88 Å². The molecule has 1 N–H and O–H groups in total. The van der Waals surface area contributed by atoms with Crippen LogP contribution in [0.25, 0.3) is 0 Å². The van der Waals surface area contributed by atoms with Crippen molar-refractivity contribution in [1.82, 2.24) is 9.71 Å². The molecule has 0 spiro atoms. The Morgan fingerprint density at radius 1 is 1.17 bits per heavy atom. The van der Waals surface area contributed by atoms with Crippen molar-refractivity contribution >= 4 is 37.3 Å². The van der Waals surface area contributed by atoms with Crippen LogP contribution in [0.1, 0.15) is 25.7 Å². The number of hydrogen-bond acceptors (Lipinski definition) is 5. The Balaban J connectivity index is 1.53. The van der Waals surface area contributed by atoms with E-state index in [4.69, 9.17) is 4.74 Å². The molecule has 0 aromatic carbocycles. The Kier molecular flexibility index (Phi) is 5.35. The Hall–Kier alpha value is -0.960. The van der Waals surface area contributed by atoms with E-state index in [0.717, 1.165) is 29.5 Å². The van der Waals surface area contributed by atoms with E-state index >= 15 is 0 Å². The fraction of sp³-hybridized carbons (Fsp3) is 0.400. The summed E-state index contributed by atoms with van der Waals surface area (Å²) in [6.45, 7) is 0. The number of pyridine rings is 1. The maximum Gasteiger partial charge on any atom is 0.250 e. The van der Waals surface area contributed by atoms with Gasteiger partial charge in [-0.1, -0.05) is 6.07 Å². The zero-order chi connectivity index (χ0) is 16.3. The summed E-state index contributed by atoms with van der Waals surface area (Å²) in [5.41, 5.74) is 0. The molecular formula is C15H17BrN2O3S2. The molecule has 1 aliphatic rings. The first-order valence-electron chi connectivity index (χ1n) is 7.38. The van der Waals surface area contributed by atoms with Crippen LogP contribution in [-0.4, -0.2) is 25.5 Å². The molecule has 2 aromatic heterocycles. The summed E-state index contributed by atoms with van der Waals surface area (Å²) in [5.74, 6) is 0.625. The lowest BCUT2D eigenvalue weighted by molar-refractivity contribution is 0.138. The van der Waals surface area contributed by atoms with Crippen molar-refractivity contribution in [2.45, 2.75) is 42.0 Å². The zero-order valence-electron chi connectivity index (χ0n) is 12.3. The quantitative estimate of drug-likeness (QED) is 0.808. The standard InChI is InChI=1S/C15H17BrN2O3S2/c16-13-8-9-15(22-13)23(19,20)18-11-4-6-12(7-5-11)21-14-3-1-2-10-17-14/h1-3,8-12,18H,4-7H2. The van der Waals surface area contributed by atoms with Gasteiger partial charge < -0.3 is 4.74 Å². The Bertz CT molecular complexity index is 741. The number of sulfonamides is 1. The average molecular weight is 417 g/mol. The van der Waals surface area contributed by atoms with Crippen LogP contribution in [0.5, 0.6) is 5.88 Å². The first-order valence-corrected chi connectivity index (χ1v) is 10.5. The van der Waals surface area contributed by atoms with Gasteiger partial charge in [0, 0.05) is 18.3 Å². The minimum absolute atomic E-state index is 0.0375. The number of aromatic nitrogens is 1. The summed E-state index contributed by atoms with van der Waals surface area (Å²) >= 11 is 4.51. The van der Waals surface area contributed by atoms with Crippen LogP contribution in [0, 0.1) is 0 Å². The fourth-order valence-corrected chi connectivity index (χ4v) is 5.94. The molecule has 23 heavy (non-hydrogen) atoms. The average Bonchev–Trinajstić information content (AvgIpc) is 2.98. The summed E-state index contributed by atoms with van der Waals surface area (Å²) in [7, 11) is -3.43. The second-order valence-corrected chi connectivity index (χ2v) is 9.84. The normalized spacial score (nSPS) is 22.0. The summed E-state index contributed by atoms with van der Waals surface area (Å²) < 4.78 is 34.4. The van der Waals surface area contributed by atoms with Crippen molar-refractivity contribution in [1.29, 1.82) is 0 Å². The Labute approximate surface area is 148 Å². The van der Waals surface area contributed by atoms with E-state index in [2.05, 4.69) is 25.6 Å². The molecule has 0 unspecified atom stereocenters. The van der Waals surface area contributed by atoms with Gasteiger partial charge in [0.1, 0.15) is 10.3 Å². The third-order valence-corrected chi connectivity index (χ3v) is 7.37. The molecule has 2 heterocycles. The molecule has 0 radical (unpaired) electrons. The van der Waals surface area contributed by atoms with Gasteiger partial charge in [-0.25, -0.2) is 18.1 Å². The molecule has 2 aromatic rings. The first kappa shape index (κ1) is 16.9. The van der Waals surface area contributed by atoms with Gasteiger partial charge in [0.2, 0.25) is 15.9 Å². The molecule has 0 saturated heterocycles. The van der Waals surface area contributed by atoms with Gasteiger partial charge in [0.05, 0.1) is 3.79 Å². The fourth-order valence-electron chi connectivity index (χ4n) is 2.61. The van der Waals surface area contributed by atoms with Crippen molar-refractivity contribution in [2.24, 2.45) is 0 Å². The van der Waals surface area contributed by atoms with Gasteiger partial charge in [0.15, 0.2) is 0 Å². The Morgan fingerprint density at radius 3 is 2.57 bits per heavy atom.